The number of carbonyl (C=O) groups is 1. The number of hydrogen-bond acceptors (Lipinski definition) is 3. The number of rotatable bonds is 4. The topological polar surface area (TPSA) is 44.4 Å². The zero-order valence-electron chi connectivity index (χ0n) is 11.2. The average molecular weight is 326 g/mol. The van der Waals surface area contributed by atoms with Gasteiger partial charge in [0.05, 0.1) is 0 Å². The molecule has 1 heterocycles. The van der Waals surface area contributed by atoms with E-state index in [-0.39, 0.29) is 5.91 Å². The first-order chi connectivity index (χ1) is 9.15. The highest BCUT2D eigenvalue weighted by atomic mass is 79.9. The second kappa shape index (κ2) is 7.03. The van der Waals surface area contributed by atoms with Crippen LogP contribution in [0.1, 0.15) is 12.0 Å². The van der Waals surface area contributed by atoms with Crippen molar-refractivity contribution < 1.29 is 4.79 Å². The lowest BCUT2D eigenvalue weighted by atomic mass is 10.2. The molecule has 1 aromatic rings. The number of benzene rings is 1. The first-order valence-electron chi connectivity index (χ1n) is 6.64. The third kappa shape index (κ3) is 4.60. The normalized spacial score (nSPS) is 16.3. The molecule has 1 aromatic carbocycles. The lowest BCUT2D eigenvalue weighted by Gasteiger charge is -2.26. The molecule has 104 valence electrons. The van der Waals surface area contributed by atoms with Gasteiger partial charge in [0.25, 0.3) is 0 Å². The van der Waals surface area contributed by atoms with E-state index in [4.69, 9.17) is 0 Å². The molecule has 0 aromatic heterocycles. The van der Waals surface area contributed by atoms with Gasteiger partial charge in [-0.05, 0) is 30.7 Å². The molecule has 0 spiro atoms. The average Bonchev–Trinajstić information content (AvgIpc) is 2.42. The lowest BCUT2D eigenvalue weighted by Crippen LogP contribution is -2.44. The van der Waals surface area contributed by atoms with Crippen molar-refractivity contribution in [3.8, 4) is 0 Å². The van der Waals surface area contributed by atoms with E-state index in [1.807, 2.05) is 25.1 Å². The van der Waals surface area contributed by atoms with Crippen molar-refractivity contribution >= 4 is 27.5 Å². The van der Waals surface area contributed by atoms with Crippen LogP contribution < -0.4 is 10.6 Å². The van der Waals surface area contributed by atoms with Crippen LogP contribution in [-0.2, 0) is 4.79 Å². The number of carbonyl (C=O) groups excluding carboxylic acids is 1. The minimum atomic E-state index is 0.0836. The van der Waals surface area contributed by atoms with E-state index < -0.39 is 0 Å². The van der Waals surface area contributed by atoms with Crippen LogP contribution in [0.15, 0.2) is 22.7 Å². The number of anilines is 1. The standard InChI is InChI=1S/C14H20BrN3O/c1-11-10-12(2-3-13(11)15)17-14(19)4-7-18-8-5-16-6-9-18/h2-3,10,16H,4-9H2,1H3,(H,17,19). The molecule has 0 saturated carbocycles. The monoisotopic (exact) mass is 325 g/mol. The van der Waals surface area contributed by atoms with Gasteiger partial charge in [0, 0.05) is 49.3 Å². The highest BCUT2D eigenvalue weighted by Crippen LogP contribution is 2.20. The summed E-state index contributed by atoms with van der Waals surface area (Å²) < 4.78 is 1.06. The van der Waals surface area contributed by atoms with E-state index >= 15 is 0 Å². The van der Waals surface area contributed by atoms with Gasteiger partial charge in [-0.15, -0.1) is 0 Å². The van der Waals surface area contributed by atoms with Gasteiger partial charge in [-0.2, -0.15) is 0 Å². The smallest absolute Gasteiger partial charge is 0.225 e. The lowest BCUT2D eigenvalue weighted by molar-refractivity contribution is -0.116. The van der Waals surface area contributed by atoms with E-state index in [0.717, 1.165) is 48.4 Å². The van der Waals surface area contributed by atoms with Crippen molar-refractivity contribution in [3.63, 3.8) is 0 Å². The zero-order chi connectivity index (χ0) is 13.7. The van der Waals surface area contributed by atoms with Crippen molar-refractivity contribution in [2.24, 2.45) is 0 Å². The van der Waals surface area contributed by atoms with Crippen LogP contribution in [0.3, 0.4) is 0 Å². The van der Waals surface area contributed by atoms with Gasteiger partial charge in [-0.3, -0.25) is 4.79 Å². The maximum Gasteiger partial charge on any atom is 0.225 e. The summed E-state index contributed by atoms with van der Waals surface area (Å²) in [6.07, 6.45) is 0.551. The van der Waals surface area contributed by atoms with Gasteiger partial charge < -0.3 is 15.5 Å². The molecule has 0 atom stereocenters. The molecule has 19 heavy (non-hydrogen) atoms. The summed E-state index contributed by atoms with van der Waals surface area (Å²) in [5, 5.41) is 6.25. The minimum absolute atomic E-state index is 0.0836. The Balaban J connectivity index is 1.78. The molecule has 2 N–H and O–H groups in total. The van der Waals surface area contributed by atoms with E-state index in [1.165, 1.54) is 0 Å². The molecular formula is C14H20BrN3O. The van der Waals surface area contributed by atoms with E-state index in [0.29, 0.717) is 6.42 Å². The van der Waals surface area contributed by atoms with Gasteiger partial charge in [0.1, 0.15) is 0 Å². The Bertz CT molecular complexity index is 444. The molecule has 1 fully saturated rings. The Morgan fingerprint density at radius 2 is 2.16 bits per heavy atom. The van der Waals surface area contributed by atoms with Crippen LogP contribution in [0.25, 0.3) is 0 Å². The second-order valence-electron chi connectivity index (χ2n) is 4.85. The van der Waals surface area contributed by atoms with Gasteiger partial charge >= 0.3 is 0 Å². The Kier molecular flexibility index (Phi) is 5.36. The summed E-state index contributed by atoms with van der Waals surface area (Å²) in [5.41, 5.74) is 1.99. The summed E-state index contributed by atoms with van der Waals surface area (Å²) in [6, 6.07) is 5.86. The predicted molar refractivity (Wildman–Crippen MR) is 81.4 cm³/mol. The van der Waals surface area contributed by atoms with Crippen molar-refractivity contribution in [2.75, 3.05) is 38.0 Å². The Morgan fingerprint density at radius 1 is 1.42 bits per heavy atom. The van der Waals surface area contributed by atoms with Crippen molar-refractivity contribution in [3.05, 3.63) is 28.2 Å². The maximum atomic E-state index is 11.9. The number of nitrogens with zero attached hydrogens (tertiary/aromatic N) is 1. The highest BCUT2D eigenvalue weighted by molar-refractivity contribution is 9.10. The van der Waals surface area contributed by atoms with Crippen LogP contribution in [0, 0.1) is 6.92 Å². The fourth-order valence-electron chi connectivity index (χ4n) is 2.14. The maximum absolute atomic E-state index is 11.9. The van der Waals surface area contributed by atoms with Crippen molar-refractivity contribution in [2.45, 2.75) is 13.3 Å². The predicted octanol–water partition coefficient (Wildman–Crippen LogP) is 1.99. The van der Waals surface area contributed by atoms with Gasteiger partial charge in [-0.25, -0.2) is 0 Å². The largest absolute Gasteiger partial charge is 0.326 e. The van der Waals surface area contributed by atoms with Crippen molar-refractivity contribution in [1.82, 2.24) is 10.2 Å². The molecule has 1 aliphatic heterocycles. The summed E-state index contributed by atoms with van der Waals surface area (Å²) in [7, 11) is 0. The SMILES string of the molecule is Cc1cc(NC(=O)CCN2CCNCC2)ccc1Br. The molecule has 4 nitrogen and oxygen atoms in total. The number of aryl methyl sites for hydroxylation is 1. The fourth-order valence-corrected chi connectivity index (χ4v) is 2.39. The number of amides is 1. The molecule has 0 bridgehead atoms. The molecule has 1 amide bonds. The first-order valence-corrected chi connectivity index (χ1v) is 7.43. The highest BCUT2D eigenvalue weighted by Gasteiger charge is 2.11. The summed E-state index contributed by atoms with van der Waals surface area (Å²) >= 11 is 3.45. The molecule has 5 heteroatoms. The Hall–Kier alpha value is -0.910. The molecule has 0 radical (unpaired) electrons. The summed E-state index contributed by atoms with van der Waals surface area (Å²) in [4.78, 5) is 14.2. The van der Waals surface area contributed by atoms with E-state index in [1.54, 1.807) is 0 Å². The van der Waals surface area contributed by atoms with Gasteiger partial charge in [0.15, 0.2) is 0 Å². The Morgan fingerprint density at radius 3 is 2.84 bits per heavy atom. The number of halogens is 1. The molecule has 1 aliphatic rings. The third-order valence-corrected chi connectivity index (χ3v) is 4.20. The molecule has 2 rings (SSSR count). The van der Waals surface area contributed by atoms with Crippen LogP contribution in [-0.4, -0.2) is 43.5 Å². The molecule has 0 unspecified atom stereocenters. The second-order valence-corrected chi connectivity index (χ2v) is 5.71. The van der Waals surface area contributed by atoms with E-state index in [2.05, 4.69) is 31.5 Å². The van der Waals surface area contributed by atoms with Gasteiger partial charge in [0.2, 0.25) is 5.91 Å². The quantitative estimate of drug-likeness (QED) is 0.889. The Labute approximate surface area is 122 Å². The summed E-state index contributed by atoms with van der Waals surface area (Å²) in [6.45, 7) is 6.96. The van der Waals surface area contributed by atoms with Crippen LogP contribution in [0.5, 0.6) is 0 Å². The number of hydrogen-bond donors (Lipinski definition) is 2. The van der Waals surface area contributed by atoms with Crippen LogP contribution in [0.2, 0.25) is 0 Å². The van der Waals surface area contributed by atoms with Crippen LogP contribution >= 0.6 is 15.9 Å². The fraction of sp³-hybridized carbons (Fsp3) is 0.500. The van der Waals surface area contributed by atoms with Gasteiger partial charge in [-0.1, -0.05) is 15.9 Å². The molecular weight excluding hydrogens is 306 g/mol. The van der Waals surface area contributed by atoms with E-state index in [9.17, 15) is 4.79 Å². The third-order valence-electron chi connectivity index (χ3n) is 3.31. The molecule has 1 saturated heterocycles. The molecule has 0 aliphatic carbocycles. The minimum Gasteiger partial charge on any atom is -0.326 e. The number of nitrogens with one attached hydrogen (secondary N) is 2. The zero-order valence-corrected chi connectivity index (χ0v) is 12.8. The first kappa shape index (κ1) is 14.5. The van der Waals surface area contributed by atoms with Crippen molar-refractivity contribution in [1.29, 1.82) is 0 Å². The summed E-state index contributed by atoms with van der Waals surface area (Å²) in [5.74, 6) is 0.0836. The van der Waals surface area contributed by atoms with Crippen LogP contribution in [0.4, 0.5) is 5.69 Å². The number of piperazine rings is 1.